The average molecular weight is 511 g/mol. The van der Waals surface area contributed by atoms with Gasteiger partial charge in [0.25, 0.3) is 0 Å². The van der Waals surface area contributed by atoms with E-state index in [1.165, 1.54) is 28.1 Å². The van der Waals surface area contributed by atoms with Crippen molar-refractivity contribution in [2.75, 3.05) is 11.9 Å². The van der Waals surface area contributed by atoms with E-state index in [2.05, 4.69) is 56.5 Å². The van der Waals surface area contributed by atoms with Crippen LogP contribution in [-0.4, -0.2) is 47.9 Å². The molecule has 0 aliphatic carbocycles. The number of carboxylic acid groups (broad SMARTS) is 1. The van der Waals surface area contributed by atoms with Gasteiger partial charge in [0.2, 0.25) is 0 Å². The molecule has 3 heterocycles. The summed E-state index contributed by atoms with van der Waals surface area (Å²) in [6.07, 6.45) is 2.41. The van der Waals surface area contributed by atoms with E-state index in [9.17, 15) is 9.90 Å². The van der Waals surface area contributed by atoms with Gasteiger partial charge in [-0.3, -0.25) is 9.58 Å². The highest BCUT2D eigenvalue weighted by molar-refractivity contribution is 7.20. The Morgan fingerprint density at radius 1 is 1.14 bits per heavy atom. The molecule has 0 saturated carbocycles. The lowest BCUT2D eigenvalue weighted by atomic mass is 10.1. The minimum atomic E-state index is -0.988. The van der Waals surface area contributed by atoms with E-state index < -0.39 is 11.6 Å². The Morgan fingerprint density at radius 2 is 1.95 bits per heavy atom. The van der Waals surface area contributed by atoms with E-state index in [-0.39, 0.29) is 6.54 Å². The highest BCUT2D eigenvalue weighted by Crippen LogP contribution is 2.31. The molecule has 0 aliphatic heterocycles. The second-order valence-electron chi connectivity index (χ2n) is 9.58. The normalized spacial score (nSPS) is 11.3. The lowest BCUT2D eigenvalue weighted by Crippen LogP contribution is -2.45. The fourth-order valence-electron chi connectivity index (χ4n) is 3.99. The van der Waals surface area contributed by atoms with Gasteiger partial charge >= 0.3 is 6.09 Å². The van der Waals surface area contributed by atoms with Crippen LogP contribution in [-0.2, 0) is 6.54 Å². The largest absolute Gasteiger partial charge is 0.465 e. The molecule has 0 bridgehead atoms. The molecule has 2 aromatic carbocycles. The number of thiophene rings is 1. The zero-order chi connectivity index (χ0) is 26.0. The predicted octanol–water partition coefficient (Wildman–Crippen LogP) is 5.96. The lowest BCUT2D eigenvalue weighted by molar-refractivity contribution is 0.110. The molecule has 0 fully saturated rings. The number of rotatable bonds is 5. The van der Waals surface area contributed by atoms with Crippen molar-refractivity contribution >= 4 is 50.1 Å². The molecule has 0 unspecified atom stereocenters. The van der Waals surface area contributed by atoms with Gasteiger partial charge < -0.3 is 10.4 Å². The molecule has 5 aromatic rings. The van der Waals surface area contributed by atoms with Crippen LogP contribution in [0.4, 0.5) is 16.3 Å². The van der Waals surface area contributed by atoms with Crippen molar-refractivity contribution in [2.45, 2.75) is 32.9 Å². The first kappa shape index (κ1) is 24.3. The number of nitrogens with zero attached hydrogens (tertiary/aromatic N) is 5. The van der Waals surface area contributed by atoms with Crippen molar-refractivity contribution < 1.29 is 9.90 Å². The summed E-state index contributed by atoms with van der Waals surface area (Å²) in [5.74, 6) is 6.77. The Bertz CT molecular complexity index is 1640. The molecule has 5 rings (SSSR count). The number of hydrogen-bond acceptors (Lipinski definition) is 6. The number of benzene rings is 2. The summed E-state index contributed by atoms with van der Waals surface area (Å²) < 4.78 is 2.88. The first-order chi connectivity index (χ1) is 17.8. The van der Waals surface area contributed by atoms with Crippen LogP contribution in [0.15, 0.2) is 67.1 Å². The van der Waals surface area contributed by atoms with Crippen LogP contribution in [0.5, 0.6) is 0 Å². The van der Waals surface area contributed by atoms with E-state index >= 15 is 0 Å². The first-order valence-corrected chi connectivity index (χ1v) is 12.6. The van der Waals surface area contributed by atoms with E-state index in [0.717, 1.165) is 31.7 Å². The molecule has 0 saturated heterocycles. The summed E-state index contributed by atoms with van der Waals surface area (Å²) in [5, 5.41) is 18.5. The third-order valence-corrected chi connectivity index (χ3v) is 6.93. The molecule has 3 aromatic heterocycles. The Kier molecular flexibility index (Phi) is 6.51. The summed E-state index contributed by atoms with van der Waals surface area (Å²) in [7, 11) is 0. The van der Waals surface area contributed by atoms with Crippen molar-refractivity contribution in [3.05, 3.63) is 77.6 Å². The Hall–Kier alpha value is -4.42. The molecule has 186 valence electrons. The van der Waals surface area contributed by atoms with Crippen LogP contribution < -0.4 is 5.32 Å². The monoisotopic (exact) mass is 510 g/mol. The molecule has 9 heteroatoms. The van der Waals surface area contributed by atoms with E-state index in [1.54, 1.807) is 0 Å². The number of aromatic nitrogens is 4. The average Bonchev–Trinajstić information content (AvgIpc) is 3.46. The minimum absolute atomic E-state index is 0.127. The van der Waals surface area contributed by atoms with Crippen LogP contribution in [0.2, 0.25) is 0 Å². The Labute approximate surface area is 218 Å². The Balaban J connectivity index is 1.36. The molecular formula is C28H26N6O2S. The SMILES string of the molecule is CC(C)(C)N(CC#Cc1cc2ncnc(Nc3ccc4c(cnn4Cc4ccccc4)c3)c2s1)C(=O)O. The Morgan fingerprint density at radius 3 is 2.70 bits per heavy atom. The van der Waals surface area contributed by atoms with Gasteiger partial charge in [-0.2, -0.15) is 5.10 Å². The molecule has 0 atom stereocenters. The second kappa shape index (κ2) is 9.91. The standard InChI is InChI=1S/C28H26N6O2S/c1-28(2,3)33(27(35)36)13-7-10-22-15-23-25(37-22)26(30-18-29-23)32-21-11-12-24-20(14-21)16-31-34(24)17-19-8-5-4-6-9-19/h4-6,8-9,11-12,14-16,18H,13,17H2,1-3H3,(H,35,36)(H,29,30,32). The van der Waals surface area contributed by atoms with Gasteiger partial charge in [-0.1, -0.05) is 42.2 Å². The molecule has 37 heavy (non-hydrogen) atoms. The quantitative estimate of drug-likeness (QED) is 0.283. The smallest absolute Gasteiger partial charge is 0.408 e. The molecule has 0 aliphatic rings. The molecule has 0 spiro atoms. The summed E-state index contributed by atoms with van der Waals surface area (Å²) in [5.41, 5.74) is 3.41. The van der Waals surface area contributed by atoms with Crippen molar-refractivity contribution in [3.8, 4) is 11.8 Å². The third-order valence-electron chi connectivity index (χ3n) is 5.88. The third kappa shape index (κ3) is 5.39. The van der Waals surface area contributed by atoms with E-state index in [1.807, 2.05) is 62.0 Å². The zero-order valence-corrected chi connectivity index (χ0v) is 21.6. The summed E-state index contributed by atoms with van der Waals surface area (Å²) >= 11 is 1.48. The van der Waals surface area contributed by atoms with Crippen LogP contribution >= 0.6 is 11.3 Å². The number of hydrogen-bond donors (Lipinski definition) is 2. The topological polar surface area (TPSA) is 96.2 Å². The molecule has 1 amide bonds. The summed E-state index contributed by atoms with van der Waals surface area (Å²) in [6.45, 7) is 6.38. The van der Waals surface area contributed by atoms with Gasteiger partial charge in [-0.25, -0.2) is 14.8 Å². The maximum absolute atomic E-state index is 11.5. The highest BCUT2D eigenvalue weighted by Gasteiger charge is 2.24. The minimum Gasteiger partial charge on any atom is -0.465 e. The number of nitrogens with one attached hydrogen (secondary N) is 1. The van der Waals surface area contributed by atoms with Gasteiger partial charge in [0, 0.05) is 16.6 Å². The van der Waals surface area contributed by atoms with Crippen LogP contribution in [0, 0.1) is 11.8 Å². The number of anilines is 2. The van der Waals surface area contributed by atoms with Gasteiger partial charge in [0.1, 0.15) is 6.33 Å². The predicted molar refractivity (Wildman–Crippen MR) is 147 cm³/mol. The van der Waals surface area contributed by atoms with Gasteiger partial charge in [0.15, 0.2) is 5.82 Å². The van der Waals surface area contributed by atoms with Crippen molar-refractivity contribution in [1.82, 2.24) is 24.6 Å². The van der Waals surface area contributed by atoms with Gasteiger partial charge in [-0.05, 0) is 50.6 Å². The number of amides is 1. The fraction of sp³-hybridized carbons (Fsp3) is 0.214. The van der Waals surface area contributed by atoms with Gasteiger partial charge in [0.05, 0.1) is 39.9 Å². The fourth-order valence-corrected chi connectivity index (χ4v) is 4.92. The molecule has 0 radical (unpaired) electrons. The molecule has 2 N–H and O–H groups in total. The lowest BCUT2D eigenvalue weighted by Gasteiger charge is -2.31. The second-order valence-corrected chi connectivity index (χ2v) is 10.6. The van der Waals surface area contributed by atoms with Crippen molar-refractivity contribution in [3.63, 3.8) is 0 Å². The van der Waals surface area contributed by atoms with E-state index in [4.69, 9.17) is 0 Å². The van der Waals surface area contributed by atoms with Gasteiger partial charge in [-0.15, -0.1) is 11.3 Å². The van der Waals surface area contributed by atoms with Crippen LogP contribution in [0.1, 0.15) is 31.2 Å². The number of fused-ring (bicyclic) bond motifs is 2. The highest BCUT2D eigenvalue weighted by atomic mass is 32.1. The number of carbonyl (C=O) groups is 1. The first-order valence-electron chi connectivity index (χ1n) is 11.8. The van der Waals surface area contributed by atoms with Crippen LogP contribution in [0.25, 0.3) is 21.1 Å². The molecule has 8 nitrogen and oxygen atoms in total. The van der Waals surface area contributed by atoms with Crippen LogP contribution in [0.3, 0.4) is 0 Å². The zero-order valence-electron chi connectivity index (χ0n) is 20.8. The van der Waals surface area contributed by atoms with Crippen molar-refractivity contribution in [2.24, 2.45) is 0 Å². The van der Waals surface area contributed by atoms with E-state index in [0.29, 0.717) is 12.4 Å². The summed E-state index contributed by atoms with van der Waals surface area (Å²) in [6, 6.07) is 18.3. The molecular weight excluding hydrogens is 484 g/mol. The van der Waals surface area contributed by atoms with Crippen molar-refractivity contribution in [1.29, 1.82) is 0 Å². The maximum atomic E-state index is 11.5. The maximum Gasteiger partial charge on any atom is 0.408 e. The summed E-state index contributed by atoms with van der Waals surface area (Å²) in [4.78, 5) is 22.5.